The average molecular weight is 316 g/mol. The summed E-state index contributed by atoms with van der Waals surface area (Å²) in [4.78, 5) is 12.6. The van der Waals surface area contributed by atoms with E-state index in [-0.39, 0.29) is 5.43 Å². The summed E-state index contributed by atoms with van der Waals surface area (Å²) < 4.78 is 10.3. The third-order valence-corrected chi connectivity index (χ3v) is 4.87. The van der Waals surface area contributed by atoms with Crippen LogP contribution in [0.4, 0.5) is 0 Å². The Kier molecular flexibility index (Phi) is 5.22. The summed E-state index contributed by atoms with van der Waals surface area (Å²) in [7, 11) is 1.72. The molecule has 2 aromatic carbocycles. The zero-order valence-corrected chi connectivity index (χ0v) is 13.9. The normalized spacial score (nSPS) is 10.4. The minimum atomic E-state index is 0.175. The molecular weight excluding hydrogens is 299 g/mol. The monoisotopic (exact) mass is 316 g/mol. The maximum atomic E-state index is 12.6. The molecule has 0 aliphatic rings. The fraction of sp³-hybridized carbons (Fsp3) is 0.235. The fourth-order valence-corrected chi connectivity index (χ4v) is 3.74. The van der Waals surface area contributed by atoms with Crippen molar-refractivity contribution in [3.63, 3.8) is 0 Å². The van der Waals surface area contributed by atoms with Crippen molar-refractivity contribution in [3.8, 4) is 0 Å². The summed E-state index contributed by atoms with van der Waals surface area (Å²) in [5.74, 6) is 0. The number of fused-ring (bicyclic) bond motifs is 2. The highest BCUT2D eigenvalue weighted by molar-refractivity contribution is 7.24. The highest BCUT2D eigenvalue weighted by Crippen LogP contribution is 2.29. The molecule has 0 amide bonds. The number of hydrogen-bond acceptors (Lipinski definition) is 3. The van der Waals surface area contributed by atoms with Crippen molar-refractivity contribution in [2.45, 2.75) is 26.7 Å². The molecular formula is C17H17O2PS. The molecule has 0 aliphatic carbocycles. The van der Waals surface area contributed by atoms with E-state index in [9.17, 15) is 4.79 Å². The summed E-state index contributed by atoms with van der Waals surface area (Å²) >= 11 is 1.74. The molecule has 0 fully saturated rings. The Morgan fingerprint density at radius 1 is 1.00 bits per heavy atom. The van der Waals surface area contributed by atoms with Gasteiger partial charge in [0.25, 0.3) is 0 Å². The molecule has 4 heteroatoms. The molecule has 3 aromatic rings. The first-order chi connectivity index (χ1) is 10.2. The van der Waals surface area contributed by atoms with Gasteiger partial charge in [-0.2, -0.15) is 0 Å². The van der Waals surface area contributed by atoms with Gasteiger partial charge in [0.05, 0.1) is 0 Å². The van der Waals surface area contributed by atoms with Crippen LogP contribution in [-0.2, 0) is 17.4 Å². The second-order valence-corrected chi connectivity index (χ2v) is 5.82. The van der Waals surface area contributed by atoms with Crippen LogP contribution in [0.2, 0.25) is 0 Å². The molecule has 21 heavy (non-hydrogen) atoms. The molecule has 0 spiro atoms. The van der Waals surface area contributed by atoms with Gasteiger partial charge in [-0.1, -0.05) is 32.0 Å². The lowest BCUT2D eigenvalue weighted by Crippen LogP contribution is -2.03. The van der Waals surface area contributed by atoms with Gasteiger partial charge < -0.3 is 0 Å². The third-order valence-electron chi connectivity index (χ3n) is 3.60. The molecule has 108 valence electrons. The van der Waals surface area contributed by atoms with Gasteiger partial charge in [-0.15, -0.1) is 11.3 Å². The summed E-state index contributed by atoms with van der Waals surface area (Å²) in [6.45, 7) is 4.29. The van der Waals surface area contributed by atoms with Crippen LogP contribution in [0, 0.1) is 0 Å². The van der Waals surface area contributed by atoms with Crippen LogP contribution in [0.5, 0.6) is 0 Å². The highest BCUT2D eigenvalue weighted by atomic mass is 32.1. The molecule has 3 rings (SSSR count). The van der Waals surface area contributed by atoms with Crippen molar-refractivity contribution < 1.29 is 4.57 Å². The van der Waals surface area contributed by atoms with Gasteiger partial charge in [-0.05, 0) is 42.2 Å². The smallest absolute Gasteiger partial charge is 0.195 e. The van der Waals surface area contributed by atoms with Crippen LogP contribution in [0.15, 0.2) is 41.2 Å². The quantitative estimate of drug-likeness (QED) is 0.492. The number of aryl methyl sites for hydroxylation is 2. The molecule has 2 nitrogen and oxygen atoms in total. The first-order valence-electron chi connectivity index (χ1n) is 6.92. The molecule has 1 aromatic heterocycles. The molecule has 0 bridgehead atoms. The number of benzene rings is 2. The van der Waals surface area contributed by atoms with E-state index in [1.807, 2.05) is 24.3 Å². The van der Waals surface area contributed by atoms with Gasteiger partial charge in [0, 0.05) is 20.2 Å². The predicted molar refractivity (Wildman–Crippen MR) is 93.4 cm³/mol. The Morgan fingerprint density at radius 2 is 1.71 bits per heavy atom. The molecule has 0 aliphatic heterocycles. The third kappa shape index (κ3) is 2.90. The lowest BCUT2D eigenvalue weighted by atomic mass is 10.0. The van der Waals surface area contributed by atoms with Crippen LogP contribution in [0.3, 0.4) is 0 Å². The van der Waals surface area contributed by atoms with Crippen molar-refractivity contribution in [1.82, 2.24) is 0 Å². The maximum Gasteiger partial charge on any atom is 0.195 e. The topological polar surface area (TPSA) is 34.1 Å². The summed E-state index contributed by atoms with van der Waals surface area (Å²) in [6, 6.07) is 12.2. The standard InChI is InChI=1S/C17H16OS.HOP/c1-3-11-9-12(4-2)17-14(10-11)16(18)13-7-5-6-8-15(13)19-17;1-2/h5-10H,3-4H2,1-2H3;2H. The Morgan fingerprint density at radius 3 is 2.38 bits per heavy atom. The SMILES string of the molecule is CCc1cc(CC)c2sc3ccccc3c(=O)c2c1.O=P. The lowest BCUT2D eigenvalue weighted by Gasteiger charge is -2.08. The minimum Gasteiger partial charge on any atom is -0.289 e. The predicted octanol–water partition coefficient (Wildman–Crippen LogP) is 5.01. The van der Waals surface area contributed by atoms with Crippen LogP contribution in [0.25, 0.3) is 20.2 Å². The first kappa shape index (κ1) is 15.8. The van der Waals surface area contributed by atoms with Crippen molar-refractivity contribution in [1.29, 1.82) is 0 Å². The Bertz CT molecular complexity index is 839. The number of hydrogen-bond donors (Lipinski definition) is 0. The van der Waals surface area contributed by atoms with Crippen LogP contribution in [-0.4, -0.2) is 0 Å². The zero-order valence-electron chi connectivity index (χ0n) is 12.1. The summed E-state index contributed by atoms with van der Waals surface area (Å²) in [6.07, 6.45) is 1.94. The van der Waals surface area contributed by atoms with Gasteiger partial charge in [0.15, 0.2) is 5.43 Å². The Balaban J connectivity index is 0.000000774. The minimum absolute atomic E-state index is 0.175. The molecule has 0 saturated heterocycles. The van der Waals surface area contributed by atoms with E-state index < -0.39 is 0 Å². The Hall–Kier alpha value is -1.57. The average Bonchev–Trinajstić information content (AvgIpc) is 2.56. The fourth-order valence-electron chi connectivity index (χ4n) is 2.51. The van der Waals surface area contributed by atoms with Crippen molar-refractivity contribution >= 4 is 40.6 Å². The van der Waals surface area contributed by atoms with Gasteiger partial charge in [0.2, 0.25) is 0 Å². The first-order valence-corrected chi connectivity index (χ1v) is 8.14. The van der Waals surface area contributed by atoms with Crippen molar-refractivity contribution in [3.05, 3.63) is 57.7 Å². The molecule has 0 atom stereocenters. The maximum absolute atomic E-state index is 12.6. The van der Waals surface area contributed by atoms with E-state index >= 15 is 0 Å². The second-order valence-electron chi connectivity index (χ2n) is 4.77. The van der Waals surface area contributed by atoms with Gasteiger partial charge >= 0.3 is 0 Å². The van der Waals surface area contributed by atoms with Gasteiger partial charge in [-0.3, -0.25) is 9.36 Å². The van der Waals surface area contributed by atoms with E-state index in [0.717, 1.165) is 33.0 Å². The van der Waals surface area contributed by atoms with Crippen molar-refractivity contribution in [2.75, 3.05) is 0 Å². The van der Waals surface area contributed by atoms with Crippen LogP contribution in [0.1, 0.15) is 25.0 Å². The van der Waals surface area contributed by atoms with Crippen LogP contribution < -0.4 is 5.43 Å². The van der Waals surface area contributed by atoms with Gasteiger partial charge in [-0.25, -0.2) is 0 Å². The van der Waals surface area contributed by atoms with E-state index in [4.69, 9.17) is 4.57 Å². The number of rotatable bonds is 2. The van der Waals surface area contributed by atoms with Crippen LogP contribution >= 0.6 is 20.5 Å². The zero-order chi connectivity index (χ0) is 15.4. The van der Waals surface area contributed by atoms with Gasteiger partial charge in [0.1, 0.15) is 9.12 Å². The van der Waals surface area contributed by atoms with E-state index in [1.54, 1.807) is 20.5 Å². The summed E-state index contributed by atoms with van der Waals surface area (Å²) in [5.41, 5.74) is 2.72. The second kappa shape index (κ2) is 6.93. The van der Waals surface area contributed by atoms with E-state index in [1.165, 1.54) is 11.1 Å². The lowest BCUT2D eigenvalue weighted by molar-refractivity contribution is 0.607. The molecule has 0 unspecified atom stereocenters. The largest absolute Gasteiger partial charge is 0.289 e. The molecule has 1 heterocycles. The summed E-state index contributed by atoms with van der Waals surface area (Å²) in [5, 5.41) is 1.73. The molecule has 0 saturated carbocycles. The highest BCUT2D eigenvalue weighted by Gasteiger charge is 2.09. The Labute approximate surface area is 130 Å². The van der Waals surface area contributed by atoms with Crippen molar-refractivity contribution in [2.24, 2.45) is 0 Å². The molecule has 0 N–H and O–H groups in total. The van der Waals surface area contributed by atoms with E-state index in [0.29, 0.717) is 0 Å². The van der Waals surface area contributed by atoms with E-state index in [2.05, 4.69) is 26.0 Å². The molecule has 0 radical (unpaired) electrons.